The number of carbonyl (C=O) groups is 1. The van der Waals surface area contributed by atoms with E-state index in [1.165, 1.54) is 24.5 Å². The van der Waals surface area contributed by atoms with Gasteiger partial charge in [-0.1, -0.05) is 11.6 Å². The van der Waals surface area contributed by atoms with Crippen LogP contribution in [0.15, 0.2) is 24.5 Å². The summed E-state index contributed by atoms with van der Waals surface area (Å²) in [5.74, 6) is -0.358. The molecule has 0 saturated carbocycles. The van der Waals surface area contributed by atoms with Crippen LogP contribution in [0.5, 0.6) is 11.6 Å². The summed E-state index contributed by atoms with van der Waals surface area (Å²) in [5, 5.41) is 12.0. The Labute approximate surface area is 156 Å². The molecule has 0 aliphatic rings. The molecule has 0 radical (unpaired) electrons. The summed E-state index contributed by atoms with van der Waals surface area (Å²) in [6.45, 7) is 3.69. The largest absolute Gasteiger partial charge is 0.462 e. The van der Waals surface area contributed by atoms with Gasteiger partial charge in [0, 0.05) is 11.1 Å². The number of fused-ring (bicyclic) bond motifs is 1. The van der Waals surface area contributed by atoms with E-state index in [0.717, 1.165) is 11.3 Å². The van der Waals surface area contributed by atoms with Crippen molar-refractivity contribution in [3.63, 3.8) is 0 Å². The highest BCUT2D eigenvalue weighted by Crippen LogP contribution is 2.39. The first kappa shape index (κ1) is 18.0. The minimum Gasteiger partial charge on any atom is -0.462 e. The maximum atomic E-state index is 12.1. The Morgan fingerprint density at radius 2 is 2.15 bits per heavy atom. The van der Waals surface area contributed by atoms with Crippen LogP contribution in [0.2, 0.25) is 5.02 Å². The number of halogens is 1. The Balaban J connectivity index is 2.10. The van der Waals surface area contributed by atoms with Crippen LogP contribution in [-0.2, 0) is 4.74 Å². The molecule has 10 heteroatoms. The van der Waals surface area contributed by atoms with E-state index in [2.05, 4.69) is 9.97 Å². The maximum Gasteiger partial charge on any atom is 0.348 e. The molecule has 0 aliphatic carbocycles. The highest BCUT2D eigenvalue weighted by molar-refractivity contribution is 7.20. The molecule has 0 saturated heterocycles. The first-order valence-corrected chi connectivity index (χ1v) is 8.64. The molecule has 0 fully saturated rings. The van der Waals surface area contributed by atoms with Crippen LogP contribution in [0.25, 0.3) is 10.2 Å². The molecular weight excluding hydrogens is 382 g/mol. The Bertz CT molecular complexity index is 1020. The van der Waals surface area contributed by atoms with Crippen LogP contribution in [0.1, 0.15) is 22.2 Å². The van der Waals surface area contributed by atoms with Gasteiger partial charge in [-0.25, -0.2) is 14.8 Å². The Morgan fingerprint density at radius 3 is 2.85 bits per heavy atom. The number of hydrogen-bond acceptors (Lipinski definition) is 8. The molecule has 0 spiro atoms. The first-order valence-electron chi connectivity index (χ1n) is 7.45. The zero-order chi connectivity index (χ0) is 18.8. The van der Waals surface area contributed by atoms with E-state index >= 15 is 0 Å². The van der Waals surface area contributed by atoms with Gasteiger partial charge in [0.05, 0.1) is 16.9 Å². The molecular formula is C16H12ClN3O5S. The first-order chi connectivity index (χ1) is 12.4. The Hall–Kier alpha value is -2.78. The van der Waals surface area contributed by atoms with Gasteiger partial charge >= 0.3 is 11.7 Å². The number of benzene rings is 1. The van der Waals surface area contributed by atoms with Gasteiger partial charge in [0.1, 0.15) is 16.0 Å². The van der Waals surface area contributed by atoms with Crippen molar-refractivity contribution in [2.45, 2.75) is 13.8 Å². The fourth-order valence-corrected chi connectivity index (χ4v) is 3.53. The topological polar surface area (TPSA) is 104 Å². The molecule has 3 aromatic rings. The third kappa shape index (κ3) is 3.31. The zero-order valence-corrected chi connectivity index (χ0v) is 15.3. The monoisotopic (exact) mass is 393 g/mol. The molecule has 2 heterocycles. The standard InChI is InChI=1S/C16H12ClN3O5S/c1-3-24-16(21)13-8(2)12-14(18-7-19-15(12)26-13)25-11-5-4-9(17)6-10(11)20(22)23/h4-7H,3H2,1-2H3. The summed E-state index contributed by atoms with van der Waals surface area (Å²) in [5.41, 5.74) is 0.304. The molecule has 2 aromatic heterocycles. The van der Waals surface area contributed by atoms with Gasteiger partial charge in [0.15, 0.2) is 0 Å². The summed E-state index contributed by atoms with van der Waals surface area (Å²) in [6.07, 6.45) is 1.27. The van der Waals surface area contributed by atoms with Crippen molar-refractivity contribution < 1.29 is 19.2 Å². The van der Waals surface area contributed by atoms with Crippen LogP contribution >= 0.6 is 22.9 Å². The minimum atomic E-state index is -0.593. The van der Waals surface area contributed by atoms with Crippen molar-refractivity contribution in [2.75, 3.05) is 6.61 Å². The third-order valence-corrected chi connectivity index (χ3v) is 4.89. The smallest absolute Gasteiger partial charge is 0.348 e. The molecule has 1 aromatic carbocycles. The van der Waals surface area contributed by atoms with Crippen LogP contribution in [-0.4, -0.2) is 27.5 Å². The molecule has 0 aliphatic heterocycles. The highest BCUT2D eigenvalue weighted by Gasteiger charge is 2.23. The van der Waals surface area contributed by atoms with E-state index in [9.17, 15) is 14.9 Å². The number of thiophene rings is 1. The van der Waals surface area contributed by atoms with Gasteiger partial charge in [-0.2, -0.15) is 0 Å². The van der Waals surface area contributed by atoms with Crippen molar-refractivity contribution in [3.8, 4) is 11.6 Å². The second kappa shape index (κ2) is 7.22. The number of rotatable bonds is 5. The molecule has 0 N–H and O–H groups in total. The van der Waals surface area contributed by atoms with Crippen molar-refractivity contribution in [1.82, 2.24) is 9.97 Å². The number of ether oxygens (including phenoxy) is 2. The Morgan fingerprint density at radius 1 is 1.38 bits per heavy atom. The van der Waals surface area contributed by atoms with Crippen molar-refractivity contribution in [1.29, 1.82) is 0 Å². The van der Waals surface area contributed by atoms with Gasteiger partial charge in [-0.3, -0.25) is 10.1 Å². The number of aromatic nitrogens is 2. The van der Waals surface area contributed by atoms with Crippen LogP contribution in [0.4, 0.5) is 5.69 Å². The van der Waals surface area contributed by atoms with E-state index in [1.54, 1.807) is 13.8 Å². The normalized spacial score (nSPS) is 10.7. The Kier molecular flexibility index (Phi) is 5.01. The lowest BCUT2D eigenvalue weighted by Crippen LogP contribution is -2.03. The fourth-order valence-electron chi connectivity index (χ4n) is 2.33. The zero-order valence-electron chi connectivity index (χ0n) is 13.7. The number of nitrogens with zero attached hydrogens (tertiary/aromatic N) is 3. The van der Waals surface area contributed by atoms with E-state index < -0.39 is 10.9 Å². The second-order valence-corrected chi connectivity index (χ2v) is 6.54. The molecule has 8 nitrogen and oxygen atoms in total. The lowest BCUT2D eigenvalue weighted by Gasteiger charge is -2.07. The van der Waals surface area contributed by atoms with Gasteiger partial charge in [-0.05, 0) is 31.5 Å². The quantitative estimate of drug-likeness (QED) is 0.356. The summed E-state index contributed by atoms with van der Waals surface area (Å²) in [7, 11) is 0. The van der Waals surface area contributed by atoms with Crippen LogP contribution < -0.4 is 4.74 Å². The predicted octanol–water partition coefficient (Wildman–Crippen LogP) is 4.53. The molecule has 0 atom stereocenters. The second-order valence-electron chi connectivity index (χ2n) is 5.11. The van der Waals surface area contributed by atoms with Crippen LogP contribution in [0.3, 0.4) is 0 Å². The minimum absolute atomic E-state index is 0.0114. The van der Waals surface area contributed by atoms with Gasteiger partial charge in [-0.15, -0.1) is 11.3 Å². The average molecular weight is 394 g/mol. The van der Waals surface area contributed by atoms with Gasteiger partial charge < -0.3 is 9.47 Å². The average Bonchev–Trinajstić information content (AvgIpc) is 2.94. The number of nitro benzene ring substituents is 1. The maximum absolute atomic E-state index is 12.1. The van der Waals surface area contributed by atoms with E-state index in [4.69, 9.17) is 21.1 Å². The number of aryl methyl sites for hydroxylation is 1. The molecule has 26 heavy (non-hydrogen) atoms. The third-order valence-electron chi connectivity index (χ3n) is 3.48. The number of hydrogen-bond donors (Lipinski definition) is 0. The molecule has 0 unspecified atom stereocenters. The van der Waals surface area contributed by atoms with Crippen molar-refractivity contribution >= 4 is 44.8 Å². The SMILES string of the molecule is CCOC(=O)c1sc2ncnc(Oc3ccc(Cl)cc3[N+](=O)[O-])c2c1C. The number of carbonyl (C=O) groups excluding carboxylic acids is 1. The summed E-state index contributed by atoms with van der Waals surface area (Å²) >= 11 is 6.97. The van der Waals surface area contributed by atoms with Gasteiger partial charge in [0.2, 0.25) is 11.6 Å². The summed E-state index contributed by atoms with van der Waals surface area (Å²) in [6, 6.07) is 4.06. The predicted molar refractivity (Wildman–Crippen MR) is 96.3 cm³/mol. The fraction of sp³-hybridized carbons (Fsp3) is 0.188. The van der Waals surface area contributed by atoms with E-state index in [0.29, 0.717) is 20.7 Å². The van der Waals surface area contributed by atoms with Gasteiger partial charge in [0.25, 0.3) is 0 Å². The molecule has 3 rings (SSSR count). The van der Waals surface area contributed by atoms with Crippen LogP contribution in [0, 0.1) is 17.0 Å². The molecule has 134 valence electrons. The summed E-state index contributed by atoms with van der Waals surface area (Å²) < 4.78 is 10.7. The molecule has 0 bridgehead atoms. The van der Waals surface area contributed by atoms with Crippen molar-refractivity contribution in [2.24, 2.45) is 0 Å². The van der Waals surface area contributed by atoms with E-state index in [-0.39, 0.29) is 28.9 Å². The van der Waals surface area contributed by atoms with Crippen molar-refractivity contribution in [3.05, 3.63) is 50.1 Å². The lowest BCUT2D eigenvalue weighted by molar-refractivity contribution is -0.385. The van der Waals surface area contributed by atoms with E-state index in [1.807, 2.05) is 0 Å². The molecule has 0 amide bonds. The number of esters is 1. The lowest BCUT2D eigenvalue weighted by atomic mass is 10.2. The number of nitro groups is 1. The summed E-state index contributed by atoms with van der Waals surface area (Å²) in [4.78, 5) is 31.8. The highest BCUT2D eigenvalue weighted by atomic mass is 35.5.